The first kappa shape index (κ1) is 14.3. The van der Waals surface area contributed by atoms with Crippen LogP contribution in [0.3, 0.4) is 0 Å². The van der Waals surface area contributed by atoms with Crippen LogP contribution in [0.1, 0.15) is 15.9 Å². The molecule has 0 aromatic heterocycles. The molecule has 5 heteroatoms. The monoisotopic (exact) mass is 298 g/mol. The van der Waals surface area contributed by atoms with Crippen molar-refractivity contribution < 1.29 is 14.3 Å². The first-order valence-electron chi connectivity index (χ1n) is 7.07. The van der Waals surface area contributed by atoms with Crippen LogP contribution in [0.5, 0.6) is 11.5 Å². The number of ether oxygens (including phenoxy) is 2. The smallest absolute Gasteiger partial charge is 0.265 e. The third-order valence-corrected chi connectivity index (χ3v) is 3.89. The van der Waals surface area contributed by atoms with E-state index in [2.05, 4.69) is 0 Å². The molecule has 1 heterocycles. The van der Waals surface area contributed by atoms with Gasteiger partial charge in [0.1, 0.15) is 17.1 Å². The van der Waals surface area contributed by atoms with Crippen molar-refractivity contribution in [1.29, 1.82) is 0 Å². The van der Waals surface area contributed by atoms with Gasteiger partial charge in [-0.05, 0) is 42.3 Å². The number of anilines is 2. The van der Waals surface area contributed by atoms with E-state index >= 15 is 0 Å². The molecular weight excluding hydrogens is 280 g/mol. The first-order chi connectivity index (χ1) is 10.7. The molecule has 2 aromatic rings. The van der Waals surface area contributed by atoms with Crippen LogP contribution < -0.4 is 20.1 Å². The average molecular weight is 298 g/mol. The number of hydrogen-bond donors (Lipinski definition) is 1. The molecule has 0 radical (unpaired) electrons. The number of carbonyl (C=O) groups excluding carboxylic acids is 1. The molecule has 22 heavy (non-hydrogen) atoms. The van der Waals surface area contributed by atoms with E-state index in [0.29, 0.717) is 29.3 Å². The summed E-state index contributed by atoms with van der Waals surface area (Å²) in [6, 6.07) is 10.9. The van der Waals surface area contributed by atoms with Crippen molar-refractivity contribution in [1.82, 2.24) is 0 Å². The number of fused-ring (bicyclic) bond motifs is 1. The number of nitrogens with two attached hydrogens (primary N) is 1. The van der Waals surface area contributed by atoms with Crippen LogP contribution in [0.25, 0.3) is 0 Å². The fourth-order valence-corrected chi connectivity index (χ4v) is 2.83. The normalized spacial score (nSPS) is 12.9. The number of carbonyl (C=O) groups is 1. The minimum absolute atomic E-state index is 0.127. The van der Waals surface area contributed by atoms with Crippen LogP contribution in [0, 0.1) is 0 Å². The van der Waals surface area contributed by atoms with Gasteiger partial charge in [-0.3, -0.25) is 4.79 Å². The van der Waals surface area contributed by atoms with E-state index in [9.17, 15) is 4.79 Å². The van der Waals surface area contributed by atoms with Crippen LogP contribution in [0.15, 0.2) is 36.4 Å². The highest BCUT2D eigenvalue weighted by Crippen LogP contribution is 2.35. The van der Waals surface area contributed by atoms with E-state index in [1.54, 1.807) is 37.3 Å². The maximum absolute atomic E-state index is 13.0. The number of methoxy groups -OCH3 is 2. The molecule has 0 atom stereocenters. The lowest BCUT2D eigenvalue weighted by Gasteiger charge is -2.20. The van der Waals surface area contributed by atoms with E-state index in [-0.39, 0.29) is 5.91 Å². The molecule has 5 nitrogen and oxygen atoms in total. The van der Waals surface area contributed by atoms with Crippen molar-refractivity contribution in [2.45, 2.75) is 6.42 Å². The molecule has 0 saturated carbocycles. The fraction of sp³-hybridized carbons (Fsp3) is 0.235. The van der Waals surface area contributed by atoms with Crippen LogP contribution >= 0.6 is 0 Å². The molecule has 0 unspecified atom stereocenters. The number of nitrogen functional groups attached to an aromatic ring is 1. The second kappa shape index (κ2) is 5.60. The van der Waals surface area contributed by atoms with Crippen molar-refractivity contribution >= 4 is 17.3 Å². The van der Waals surface area contributed by atoms with Gasteiger partial charge in [0.15, 0.2) is 0 Å². The van der Waals surface area contributed by atoms with Crippen LogP contribution in [-0.4, -0.2) is 26.7 Å². The lowest BCUT2D eigenvalue weighted by molar-refractivity contribution is 0.0983. The Morgan fingerprint density at radius 2 is 1.82 bits per heavy atom. The predicted octanol–water partition coefficient (Wildman–Crippen LogP) is 2.49. The third-order valence-electron chi connectivity index (χ3n) is 3.89. The summed E-state index contributed by atoms with van der Waals surface area (Å²) in [6.07, 6.45) is 0.795. The van der Waals surface area contributed by atoms with Crippen molar-refractivity contribution in [2.24, 2.45) is 0 Å². The van der Waals surface area contributed by atoms with Crippen molar-refractivity contribution in [3.05, 3.63) is 47.5 Å². The lowest BCUT2D eigenvalue weighted by atomic mass is 10.1. The second-order valence-electron chi connectivity index (χ2n) is 5.13. The second-order valence-corrected chi connectivity index (χ2v) is 5.13. The van der Waals surface area contributed by atoms with Crippen molar-refractivity contribution in [3.63, 3.8) is 0 Å². The van der Waals surface area contributed by atoms with Gasteiger partial charge < -0.3 is 20.1 Å². The van der Waals surface area contributed by atoms with Gasteiger partial charge in [-0.15, -0.1) is 0 Å². The molecule has 0 bridgehead atoms. The Labute approximate surface area is 129 Å². The minimum atomic E-state index is -0.127. The summed E-state index contributed by atoms with van der Waals surface area (Å²) in [6.45, 7) is 0.624. The SMILES string of the molecule is COc1cccc(OC)c1C(=O)N1CCc2cc(N)ccc21. The summed E-state index contributed by atoms with van der Waals surface area (Å²) in [4.78, 5) is 14.7. The summed E-state index contributed by atoms with van der Waals surface area (Å²) in [7, 11) is 3.09. The largest absolute Gasteiger partial charge is 0.496 e. The minimum Gasteiger partial charge on any atom is -0.496 e. The van der Waals surface area contributed by atoms with Gasteiger partial charge in [0.2, 0.25) is 0 Å². The van der Waals surface area contributed by atoms with E-state index < -0.39 is 0 Å². The van der Waals surface area contributed by atoms with Crippen LogP contribution in [0.2, 0.25) is 0 Å². The summed E-state index contributed by atoms with van der Waals surface area (Å²) < 4.78 is 10.7. The Morgan fingerprint density at radius 3 is 2.45 bits per heavy atom. The van der Waals surface area contributed by atoms with Crippen LogP contribution in [-0.2, 0) is 6.42 Å². The third kappa shape index (κ3) is 2.24. The molecule has 3 rings (SSSR count). The number of nitrogens with zero attached hydrogens (tertiary/aromatic N) is 1. The van der Waals surface area contributed by atoms with Gasteiger partial charge in [-0.1, -0.05) is 6.07 Å². The highest BCUT2D eigenvalue weighted by molar-refractivity contribution is 6.10. The summed E-state index contributed by atoms with van der Waals surface area (Å²) >= 11 is 0. The van der Waals surface area contributed by atoms with Gasteiger partial charge in [0, 0.05) is 17.9 Å². The number of benzene rings is 2. The molecule has 1 aliphatic heterocycles. The Bertz CT molecular complexity index is 706. The molecule has 1 amide bonds. The summed E-state index contributed by atoms with van der Waals surface area (Å²) in [5, 5.41) is 0. The van der Waals surface area contributed by atoms with Gasteiger partial charge in [-0.25, -0.2) is 0 Å². The summed E-state index contributed by atoms with van der Waals surface area (Å²) in [5.74, 6) is 0.888. The number of rotatable bonds is 3. The van der Waals surface area contributed by atoms with E-state index in [1.165, 1.54) is 0 Å². The van der Waals surface area contributed by atoms with E-state index in [1.807, 2.05) is 18.2 Å². The zero-order valence-corrected chi connectivity index (χ0v) is 12.6. The molecular formula is C17H18N2O3. The average Bonchev–Trinajstić information content (AvgIpc) is 2.96. The topological polar surface area (TPSA) is 64.8 Å². The van der Waals surface area contributed by atoms with Crippen molar-refractivity contribution in [2.75, 3.05) is 31.4 Å². The first-order valence-corrected chi connectivity index (χ1v) is 7.07. The van der Waals surface area contributed by atoms with Crippen LogP contribution in [0.4, 0.5) is 11.4 Å². The molecule has 0 spiro atoms. The maximum Gasteiger partial charge on any atom is 0.265 e. The zero-order chi connectivity index (χ0) is 15.7. The van der Waals surface area contributed by atoms with Crippen molar-refractivity contribution in [3.8, 4) is 11.5 Å². The quantitative estimate of drug-likeness (QED) is 0.884. The standard InChI is InChI=1S/C17H18N2O3/c1-21-14-4-3-5-15(22-2)16(14)17(20)19-9-8-11-10-12(18)6-7-13(11)19/h3-7,10H,8-9,18H2,1-2H3. The number of hydrogen-bond acceptors (Lipinski definition) is 4. The highest BCUT2D eigenvalue weighted by Gasteiger charge is 2.29. The molecule has 2 aromatic carbocycles. The van der Waals surface area contributed by atoms with E-state index in [0.717, 1.165) is 17.7 Å². The van der Waals surface area contributed by atoms with E-state index in [4.69, 9.17) is 15.2 Å². The Hall–Kier alpha value is -2.69. The predicted molar refractivity (Wildman–Crippen MR) is 85.8 cm³/mol. The molecule has 1 aliphatic rings. The van der Waals surface area contributed by atoms with Gasteiger partial charge in [0.05, 0.1) is 14.2 Å². The number of amides is 1. The molecule has 114 valence electrons. The maximum atomic E-state index is 13.0. The lowest BCUT2D eigenvalue weighted by Crippen LogP contribution is -2.29. The molecule has 0 fully saturated rings. The zero-order valence-electron chi connectivity index (χ0n) is 12.6. The van der Waals surface area contributed by atoms with Gasteiger partial charge in [0.25, 0.3) is 5.91 Å². The Kier molecular flexibility index (Phi) is 3.63. The molecule has 0 saturated heterocycles. The Balaban J connectivity index is 2.04. The van der Waals surface area contributed by atoms with Gasteiger partial charge in [-0.2, -0.15) is 0 Å². The molecule has 0 aliphatic carbocycles. The highest BCUT2D eigenvalue weighted by atomic mass is 16.5. The summed E-state index contributed by atoms with van der Waals surface area (Å²) in [5.41, 5.74) is 8.95. The van der Waals surface area contributed by atoms with Gasteiger partial charge >= 0.3 is 0 Å². The Morgan fingerprint density at radius 1 is 1.14 bits per heavy atom. The fourth-order valence-electron chi connectivity index (χ4n) is 2.83. The molecule has 2 N–H and O–H groups in total.